The first kappa shape index (κ1) is 47.9. The van der Waals surface area contributed by atoms with E-state index in [4.69, 9.17) is 28.4 Å². The Morgan fingerprint density at radius 1 is 0.925 bits per heavy atom. The van der Waals surface area contributed by atoms with Gasteiger partial charge in [-0.3, -0.25) is 4.79 Å². The quantitative estimate of drug-likeness (QED) is 0.125. The first-order valence-corrected chi connectivity index (χ1v) is 18.7. The number of aliphatic hydroxyl groups excluding tert-OH is 3. The molecule has 3 aliphatic rings. The first-order valence-electron chi connectivity index (χ1n) is 18.7. The average molecular weight is 785 g/mol. The van der Waals surface area contributed by atoms with Gasteiger partial charge in [0.1, 0.15) is 23.9 Å². The zero-order valence-corrected chi connectivity index (χ0v) is 34.6. The van der Waals surface area contributed by atoms with E-state index in [0.717, 1.165) is 0 Å². The topological polar surface area (TPSA) is 209 Å². The Morgan fingerprint density at radius 3 is 2.06 bits per heavy atom. The van der Waals surface area contributed by atoms with Crippen molar-refractivity contribution in [3.05, 3.63) is 0 Å². The molecule has 0 saturated carbocycles. The smallest absolute Gasteiger partial charge is 0.311 e. The zero-order valence-electron chi connectivity index (χ0n) is 33.8. The van der Waals surface area contributed by atoms with Gasteiger partial charge in [-0.2, -0.15) is 0 Å². The van der Waals surface area contributed by atoms with Gasteiger partial charge in [-0.15, -0.1) is 12.4 Å². The number of likely N-dealkylation sites (N-methyl/N-ethyl adjacent to an activating group) is 1. The molecule has 0 radical (unpaired) electrons. The van der Waals surface area contributed by atoms with E-state index in [1.807, 2.05) is 25.9 Å². The number of carbonyl (C=O) groups is 1. The maximum atomic E-state index is 14.1. The second-order valence-corrected chi connectivity index (χ2v) is 16.6. The second kappa shape index (κ2) is 18.8. The Bertz CT molecular complexity index is 1210. The molecule has 0 amide bonds. The Morgan fingerprint density at radius 2 is 1.53 bits per heavy atom. The molecule has 3 aliphatic heterocycles. The van der Waals surface area contributed by atoms with Crippen molar-refractivity contribution >= 4 is 24.1 Å². The molecule has 0 aromatic carbocycles. The molecule has 0 bridgehead atoms. The van der Waals surface area contributed by atoms with Gasteiger partial charge in [-0.25, -0.2) is 0 Å². The van der Waals surface area contributed by atoms with Gasteiger partial charge in [-0.05, 0) is 74.9 Å². The molecule has 0 aromatic rings. The maximum Gasteiger partial charge on any atom is 0.311 e. The molecule has 0 spiro atoms. The molecular weight excluding hydrogens is 716 g/mol. The van der Waals surface area contributed by atoms with Gasteiger partial charge in [0.05, 0.1) is 53.4 Å². The van der Waals surface area contributed by atoms with E-state index < -0.39 is 102 Å². The van der Waals surface area contributed by atoms with Gasteiger partial charge in [0.25, 0.3) is 0 Å². The summed E-state index contributed by atoms with van der Waals surface area (Å²) in [5, 5.41) is 71.8. The number of cyclic esters (lactones) is 1. The van der Waals surface area contributed by atoms with E-state index in [9.17, 15) is 35.5 Å². The summed E-state index contributed by atoms with van der Waals surface area (Å²) in [7, 11) is 5.19. The van der Waals surface area contributed by atoms with Crippen LogP contribution >= 0.6 is 12.4 Å². The average Bonchev–Trinajstić information content (AvgIpc) is 3.06. The second-order valence-electron chi connectivity index (χ2n) is 16.6. The molecule has 312 valence electrons. The number of oxime groups is 1. The van der Waals surface area contributed by atoms with Crippen LogP contribution in [-0.4, -0.2) is 153 Å². The molecule has 3 rings (SSSR count). The highest BCUT2D eigenvalue weighted by atomic mass is 35.5. The molecule has 18 atom stereocenters. The third-order valence-electron chi connectivity index (χ3n) is 12.0. The molecule has 0 aliphatic carbocycles. The molecule has 0 aromatic heterocycles. The molecule has 3 heterocycles. The highest BCUT2D eigenvalue weighted by Crippen LogP contribution is 2.41. The number of esters is 1. The summed E-state index contributed by atoms with van der Waals surface area (Å²) in [4.78, 5) is 16.0. The van der Waals surface area contributed by atoms with Crippen molar-refractivity contribution in [1.82, 2.24) is 4.90 Å². The van der Waals surface area contributed by atoms with Crippen LogP contribution in [0.3, 0.4) is 0 Å². The number of hydrogen-bond donors (Lipinski definition) is 6. The lowest BCUT2D eigenvalue weighted by Gasteiger charge is -2.49. The van der Waals surface area contributed by atoms with Crippen LogP contribution in [0.15, 0.2) is 5.16 Å². The van der Waals surface area contributed by atoms with Crippen LogP contribution in [-0.2, 0) is 33.2 Å². The van der Waals surface area contributed by atoms with E-state index in [1.54, 1.807) is 55.4 Å². The molecule has 3 fully saturated rings. The van der Waals surface area contributed by atoms with Crippen molar-refractivity contribution < 1.29 is 64.0 Å². The standard InChI is InChI=1S/C37H68N2O13.ClH/c1-14-25-37(10,45)30(41)20(4)27(38-46)18(2)16-35(8,44)32(52-34-28(40)24(39(11)12)15-19(3)48-34)21(5)29(22(6)33(43)50-25)51-26-17-36(9,47-13)31(42)23(7)49-26;/h18-26,28-32,34,40-42,44-46H,14-17H2,1-13H3;1H/b38-27-;/t18-,19-,20-,21?,22-,23+,24+,25-,26+,28-,29+,30-,31+,32-,34+,35-,36-,37-;/m1./s1. The summed E-state index contributed by atoms with van der Waals surface area (Å²) >= 11 is 0. The number of nitrogens with zero attached hydrogens (tertiary/aromatic N) is 2. The predicted octanol–water partition coefficient (Wildman–Crippen LogP) is 2.47. The van der Waals surface area contributed by atoms with Gasteiger partial charge >= 0.3 is 5.97 Å². The monoisotopic (exact) mass is 784 g/mol. The molecule has 6 N–H and O–H groups in total. The van der Waals surface area contributed by atoms with Crippen molar-refractivity contribution in [2.75, 3.05) is 21.2 Å². The van der Waals surface area contributed by atoms with Crippen LogP contribution in [0.4, 0.5) is 0 Å². The van der Waals surface area contributed by atoms with Crippen LogP contribution in [0.1, 0.15) is 94.9 Å². The minimum atomic E-state index is -1.97. The number of carbonyl (C=O) groups excluding carboxylic acids is 1. The summed E-state index contributed by atoms with van der Waals surface area (Å²) in [6, 6.07) is -0.322. The molecule has 15 nitrogen and oxygen atoms in total. The van der Waals surface area contributed by atoms with Gasteiger partial charge < -0.3 is 64.1 Å². The summed E-state index contributed by atoms with van der Waals surface area (Å²) in [6.07, 6.45) is -9.51. The fraction of sp³-hybridized carbons (Fsp3) is 0.946. The Hall–Kier alpha value is -1.21. The lowest BCUT2D eigenvalue weighted by atomic mass is 9.73. The highest BCUT2D eigenvalue weighted by molar-refractivity contribution is 5.88. The van der Waals surface area contributed by atoms with E-state index in [1.165, 1.54) is 14.0 Å². The number of aliphatic hydroxyl groups is 5. The van der Waals surface area contributed by atoms with Crippen LogP contribution in [0.2, 0.25) is 0 Å². The van der Waals surface area contributed by atoms with Crippen molar-refractivity contribution in [2.45, 2.75) is 179 Å². The van der Waals surface area contributed by atoms with E-state index >= 15 is 0 Å². The fourth-order valence-corrected chi connectivity index (χ4v) is 8.61. The summed E-state index contributed by atoms with van der Waals surface area (Å²) < 4.78 is 37.2. The number of rotatable bonds is 7. The maximum absolute atomic E-state index is 14.1. The van der Waals surface area contributed by atoms with Gasteiger partial charge in [0, 0.05) is 37.3 Å². The lowest BCUT2D eigenvalue weighted by molar-refractivity contribution is -0.317. The van der Waals surface area contributed by atoms with E-state index in [0.29, 0.717) is 6.42 Å². The van der Waals surface area contributed by atoms with Crippen LogP contribution in [0, 0.1) is 23.7 Å². The number of methoxy groups -OCH3 is 1. The van der Waals surface area contributed by atoms with Crippen molar-refractivity contribution in [3.8, 4) is 0 Å². The largest absolute Gasteiger partial charge is 0.459 e. The Kier molecular flexibility index (Phi) is 17.0. The minimum absolute atomic E-state index is 0. The van der Waals surface area contributed by atoms with Gasteiger partial charge in [0.15, 0.2) is 12.6 Å². The van der Waals surface area contributed by atoms with Gasteiger partial charge in [-0.1, -0.05) is 32.9 Å². The van der Waals surface area contributed by atoms with Crippen LogP contribution in [0.25, 0.3) is 0 Å². The number of halogens is 1. The SMILES string of the molecule is CC[C@H]1OC(=O)[C@H](C)[C@@H](O[C@H]2C[C@@](C)(OC)[C@@H](O)[C@H](C)O2)C(C)[C@@H](O[C@@H]2O[C@H](C)C[C@H](N(C)C)[C@H]2O)[C@](C)(O)C[C@@H](C)/C(=N/O)[C@@H](C)[C@@H](O)[C@]1(C)O.Cl. The minimum Gasteiger partial charge on any atom is -0.459 e. The third-order valence-corrected chi connectivity index (χ3v) is 12.0. The fourth-order valence-electron chi connectivity index (χ4n) is 8.61. The molecule has 16 heteroatoms. The predicted molar refractivity (Wildman–Crippen MR) is 198 cm³/mol. The third kappa shape index (κ3) is 10.4. The van der Waals surface area contributed by atoms with Crippen LogP contribution < -0.4 is 0 Å². The number of hydrogen-bond acceptors (Lipinski definition) is 15. The summed E-state index contributed by atoms with van der Waals surface area (Å²) in [6.45, 7) is 16.6. The van der Waals surface area contributed by atoms with Crippen molar-refractivity contribution in [2.24, 2.45) is 28.8 Å². The van der Waals surface area contributed by atoms with Crippen molar-refractivity contribution in [1.29, 1.82) is 0 Å². The zero-order chi connectivity index (χ0) is 39.7. The van der Waals surface area contributed by atoms with E-state index in [2.05, 4.69) is 5.16 Å². The lowest BCUT2D eigenvalue weighted by Crippen LogP contribution is -2.61. The van der Waals surface area contributed by atoms with Gasteiger partial charge in [0.2, 0.25) is 0 Å². The Labute approximate surface area is 321 Å². The summed E-state index contributed by atoms with van der Waals surface area (Å²) in [5.41, 5.74) is -4.68. The van der Waals surface area contributed by atoms with Crippen LogP contribution in [0.5, 0.6) is 0 Å². The first-order chi connectivity index (χ1) is 24.0. The molecular formula is C37H69ClN2O13. The highest BCUT2D eigenvalue weighted by Gasteiger charge is 2.53. The molecule has 3 saturated heterocycles. The van der Waals surface area contributed by atoms with E-state index in [-0.39, 0.29) is 49.5 Å². The van der Waals surface area contributed by atoms with Crippen molar-refractivity contribution in [3.63, 3.8) is 0 Å². The molecule has 53 heavy (non-hydrogen) atoms. The normalized spacial score (nSPS) is 48.8. The summed E-state index contributed by atoms with van der Waals surface area (Å²) in [5.74, 6) is -4.24. The number of ether oxygens (including phenoxy) is 6. The molecule has 1 unspecified atom stereocenters. The Balaban J connectivity index is 0.00000972.